The number of carbonyl (C=O) groups is 1. The first-order valence-electron chi connectivity index (χ1n) is 4.27. The van der Waals surface area contributed by atoms with Crippen LogP contribution in [0.4, 0.5) is 0 Å². The number of aliphatic carboxylic acids is 1. The summed E-state index contributed by atoms with van der Waals surface area (Å²) in [5, 5.41) is 20.1. The fourth-order valence-corrected chi connectivity index (χ4v) is 1.55. The molecule has 7 heteroatoms. The van der Waals surface area contributed by atoms with Gasteiger partial charge in [0.25, 0.3) is 0 Å². The second kappa shape index (κ2) is 4.94. The Balaban J connectivity index is 2.67. The molecule has 0 aliphatic carbocycles. The minimum absolute atomic E-state index is 0.0171. The number of hydrogen-bond acceptors (Lipinski definition) is 5. The number of carboxylic acid groups (broad SMARTS) is 1. The largest absolute Gasteiger partial charge is 0.481 e. The van der Waals surface area contributed by atoms with E-state index < -0.39 is 5.97 Å². The summed E-state index contributed by atoms with van der Waals surface area (Å²) in [5.74, 6) is -0.884. The lowest BCUT2D eigenvalue weighted by molar-refractivity contribution is -0.133. The summed E-state index contributed by atoms with van der Waals surface area (Å²) < 4.78 is 1.65. The number of carboxylic acids is 1. The molecule has 1 unspecified atom stereocenters. The molecule has 0 amide bonds. The van der Waals surface area contributed by atoms with Crippen molar-refractivity contribution < 1.29 is 9.90 Å². The molecule has 0 aromatic carbocycles. The van der Waals surface area contributed by atoms with Gasteiger partial charge < -0.3 is 5.11 Å². The van der Waals surface area contributed by atoms with Crippen molar-refractivity contribution in [3.8, 4) is 0 Å². The van der Waals surface area contributed by atoms with Crippen molar-refractivity contribution in [2.24, 2.45) is 0 Å². The number of thioether (sulfide) groups is 1. The Morgan fingerprint density at radius 3 is 3.00 bits per heavy atom. The smallest absolute Gasteiger partial charge is 0.313 e. The molecule has 0 radical (unpaired) electrons. The molecule has 0 bridgehead atoms. The van der Waals surface area contributed by atoms with Gasteiger partial charge in [0.05, 0.1) is 11.8 Å². The zero-order valence-electron chi connectivity index (χ0n) is 8.04. The van der Waals surface area contributed by atoms with Crippen molar-refractivity contribution in [3.63, 3.8) is 0 Å². The predicted octanol–water partition coefficient (Wildman–Crippen LogP) is 0.821. The number of nitrogens with zero attached hydrogens (tertiary/aromatic N) is 4. The summed E-state index contributed by atoms with van der Waals surface area (Å²) in [6.07, 6.45) is 0.908. The average molecular weight is 216 g/mol. The maximum absolute atomic E-state index is 10.3. The van der Waals surface area contributed by atoms with Crippen molar-refractivity contribution >= 4 is 17.7 Å². The van der Waals surface area contributed by atoms with Crippen LogP contribution in [0.5, 0.6) is 0 Å². The standard InChI is InChI=1S/C7H12N4O2S/c1-3-5(2)11-7(8-9-10-11)14-4-6(12)13/h5H,3-4H2,1-2H3,(H,12,13). The fraction of sp³-hybridized carbons (Fsp3) is 0.714. The monoisotopic (exact) mass is 216 g/mol. The number of aromatic nitrogens is 4. The second-order valence-electron chi connectivity index (χ2n) is 2.85. The second-order valence-corrected chi connectivity index (χ2v) is 3.79. The minimum atomic E-state index is -0.867. The summed E-state index contributed by atoms with van der Waals surface area (Å²) in [5.41, 5.74) is 0. The van der Waals surface area contributed by atoms with Crippen molar-refractivity contribution in [2.75, 3.05) is 5.75 Å². The van der Waals surface area contributed by atoms with Crippen LogP contribution in [0, 0.1) is 0 Å². The van der Waals surface area contributed by atoms with Crippen LogP contribution in [0.2, 0.25) is 0 Å². The topological polar surface area (TPSA) is 80.9 Å². The molecule has 1 aromatic rings. The molecule has 0 aliphatic heterocycles. The highest BCUT2D eigenvalue weighted by molar-refractivity contribution is 7.99. The third-order valence-corrected chi connectivity index (χ3v) is 2.71. The van der Waals surface area contributed by atoms with Gasteiger partial charge in [-0.15, -0.1) is 5.10 Å². The maximum atomic E-state index is 10.3. The Morgan fingerprint density at radius 2 is 2.43 bits per heavy atom. The van der Waals surface area contributed by atoms with E-state index in [1.165, 1.54) is 0 Å². The fourth-order valence-electron chi connectivity index (χ4n) is 0.856. The Morgan fingerprint density at radius 1 is 1.71 bits per heavy atom. The Bertz CT molecular complexity index is 314. The number of hydrogen-bond donors (Lipinski definition) is 1. The van der Waals surface area contributed by atoms with E-state index in [-0.39, 0.29) is 11.8 Å². The average Bonchev–Trinajstić information content (AvgIpc) is 2.61. The van der Waals surface area contributed by atoms with E-state index in [0.717, 1.165) is 18.2 Å². The van der Waals surface area contributed by atoms with Crippen molar-refractivity contribution in [1.82, 2.24) is 20.2 Å². The van der Waals surface area contributed by atoms with Gasteiger partial charge in [0.2, 0.25) is 5.16 Å². The van der Waals surface area contributed by atoms with E-state index >= 15 is 0 Å². The Hall–Kier alpha value is -1.11. The zero-order chi connectivity index (χ0) is 10.6. The summed E-state index contributed by atoms with van der Waals surface area (Å²) >= 11 is 1.13. The Kier molecular flexibility index (Phi) is 3.87. The molecular weight excluding hydrogens is 204 g/mol. The molecule has 1 aromatic heterocycles. The van der Waals surface area contributed by atoms with Crippen LogP contribution < -0.4 is 0 Å². The van der Waals surface area contributed by atoms with Crippen LogP contribution >= 0.6 is 11.8 Å². The van der Waals surface area contributed by atoms with Gasteiger partial charge in [0, 0.05) is 0 Å². The van der Waals surface area contributed by atoms with Crippen LogP contribution in [-0.2, 0) is 4.79 Å². The summed E-state index contributed by atoms with van der Waals surface area (Å²) in [6, 6.07) is 0.196. The van der Waals surface area contributed by atoms with E-state index in [1.807, 2.05) is 13.8 Å². The third kappa shape index (κ3) is 2.69. The third-order valence-electron chi connectivity index (χ3n) is 1.80. The lowest BCUT2D eigenvalue weighted by Gasteiger charge is -2.09. The Labute approximate surface area is 85.7 Å². The highest BCUT2D eigenvalue weighted by Gasteiger charge is 2.12. The lowest BCUT2D eigenvalue weighted by Crippen LogP contribution is -2.08. The van der Waals surface area contributed by atoms with E-state index in [0.29, 0.717) is 5.16 Å². The first-order valence-corrected chi connectivity index (χ1v) is 5.26. The zero-order valence-corrected chi connectivity index (χ0v) is 8.86. The van der Waals surface area contributed by atoms with Crippen LogP contribution in [0.3, 0.4) is 0 Å². The molecule has 1 N–H and O–H groups in total. The molecular formula is C7H12N4O2S. The molecule has 1 atom stereocenters. The normalized spacial score (nSPS) is 12.7. The van der Waals surface area contributed by atoms with Gasteiger partial charge in [0.1, 0.15) is 0 Å². The van der Waals surface area contributed by atoms with Gasteiger partial charge in [-0.3, -0.25) is 4.79 Å². The van der Waals surface area contributed by atoms with Crippen LogP contribution in [0.1, 0.15) is 26.3 Å². The molecule has 78 valence electrons. The molecule has 1 heterocycles. The van der Waals surface area contributed by atoms with E-state index in [1.54, 1.807) is 4.68 Å². The molecule has 0 aliphatic rings. The quantitative estimate of drug-likeness (QED) is 0.734. The van der Waals surface area contributed by atoms with Gasteiger partial charge in [-0.1, -0.05) is 18.7 Å². The lowest BCUT2D eigenvalue weighted by atomic mass is 10.3. The van der Waals surface area contributed by atoms with Crippen LogP contribution in [-0.4, -0.2) is 37.0 Å². The number of rotatable bonds is 5. The van der Waals surface area contributed by atoms with Gasteiger partial charge in [-0.05, 0) is 23.8 Å². The summed E-state index contributed by atoms with van der Waals surface area (Å²) in [7, 11) is 0. The minimum Gasteiger partial charge on any atom is -0.481 e. The predicted molar refractivity (Wildman–Crippen MR) is 51.2 cm³/mol. The van der Waals surface area contributed by atoms with E-state index in [4.69, 9.17) is 5.11 Å². The highest BCUT2D eigenvalue weighted by atomic mass is 32.2. The number of tetrazole rings is 1. The van der Waals surface area contributed by atoms with E-state index in [2.05, 4.69) is 15.5 Å². The molecule has 0 spiro atoms. The van der Waals surface area contributed by atoms with Crippen LogP contribution in [0.25, 0.3) is 0 Å². The van der Waals surface area contributed by atoms with E-state index in [9.17, 15) is 4.79 Å². The van der Waals surface area contributed by atoms with Crippen molar-refractivity contribution in [1.29, 1.82) is 0 Å². The van der Waals surface area contributed by atoms with Crippen molar-refractivity contribution in [2.45, 2.75) is 31.5 Å². The molecule has 0 fully saturated rings. The summed E-state index contributed by atoms with van der Waals surface area (Å²) in [4.78, 5) is 10.3. The molecule has 1 rings (SSSR count). The highest BCUT2D eigenvalue weighted by Crippen LogP contribution is 2.18. The summed E-state index contributed by atoms with van der Waals surface area (Å²) in [6.45, 7) is 4.01. The van der Waals surface area contributed by atoms with Gasteiger partial charge in [0.15, 0.2) is 0 Å². The molecule has 14 heavy (non-hydrogen) atoms. The van der Waals surface area contributed by atoms with Gasteiger partial charge in [-0.25, -0.2) is 4.68 Å². The molecule has 0 saturated carbocycles. The van der Waals surface area contributed by atoms with Crippen LogP contribution in [0.15, 0.2) is 5.16 Å². The first kappa shape index (κ1) is 11.0. The maximum Gasteiger partial charge on any atom is 0.313 e. The SMILES string of the molecule is CCC(C)n1nnnc1SCC(=O)O. The molecule has 0 saturated heterocycles. The first-order chi connectivity index (χ1) is 6.65. The molecule has 6 nitrogen and oxygen atoms in total. The van der Waals surface area contributed by atoms with Gasteiger partial charge in [-0.2, -0.15) is 0 Å². The van der Waals surface area contributed by atoms with Gasteiger partial charge >= 0.3 is 5.97 Å². The van der Waals surface area contributed by atoms with Crippen molar-refractivity contribution in [3.05, 3.63) is 0 Å².